The topological polar surface area (TPSA) is 88.2 Å². The zero-order valence-electron chi connectivity index (χ0n) is 15.4. The van der Waals surface area contributed by atoms with E-state index in [1.54, 1.807) is 6.20 Å². The molecule has 1 aliphatic carbocycles. The summed E-state index contributed by atoms with van der Waals surface area (Å²) in [5.74, 6) is 0.598. The number of ether oxygens (including phenoxy) is 1. The zero-order chi connectivity index (χ0) is 19.1. The first-order chi connectivity index (χ1) is 13.7. The average molecular weight is 376 g/mol. The van der Waals surface area contributed by atoms with Gasteiger partial charge in [-0.05, 0) is 23.5 Å². The van der Waals surface area contributed by atoms with Crippen LogP contribution in [0.4, 0.5) is 5.95 Å². The average Bonchev–Trinajstić information content (AvgIpc) is 2.74. The SMILES string of the molecule is O=C1CC(c2ccccc2)Cc2c1cnc1nc(N3CCOCC3)[nH]c(=O)c21. The molecule has 1 aliphatic heterocycles. The number of ketones is 1. The van der Waals surface area contributed by atoms with Crippen molar-refractivity contribution in [3.63, 3.8) is 0 Å². The Labute approximate surface area is 161 Å². The summed E-state index contributed by atoms with van der Waals surface area (Å²) in [5, 5.41) is 0.434. The van der Waals surface area contributed by atoms with Gasteiger partial charge >= 0.3 is 0 Å². The van der Waals surface area contributed by atoms with Crippen LogP contribution in [-0.4, -0.2) is 47.0 Å². The Hall–Kier alpha value is -3.06. The van der Waals surface area contributed by atoms with E-state index in [4.69, 9.17) is 4.74 Å². The minimum absolute atomic E-state index is 0.0289. The molecule has 7 heteroatoms. The molecule has 1 saturated heterocycles. The van der Waals surface area contributed by atoms with E-state index in [0.717, 1.165) is 11.1 Å². The van der Waals surface area contributed by atoms with Crippen molar-refractivity contribution in [3.8, 4) is 0 Å². The third-order valence-corrected chi connectivity index (χ3v) is 5.59. The first-order valence-corrected chi connectivity index (χ1v) is 9.53. The smallest absolute Gasteiger partial charge is 0.262 e. The lowest BCUT2D eigenvalue weighted by Gasteiger charge is -2.28. The van der Waals surface area contributed by atoms with Gasteiger partial charge in [0.25, 0.3) is 5.56 Å². The number of hydrogen-bond acceptors (Lipinski definition) is 6. The zero-order valence-corrected chi connectivity index (χ0v) is 15.4. The number of morpholine rings is 1. The van der Waals surface area contributed by atoms with Crippen LogP contribution < -0.4 is 10.5 Å². The quantitative estimate of drug-likeness (QED) is 0.737. The molecule has 0 saturated carbocycles. The molecule has 0 radical (unpaired) electrons. The van der Waals surface area contributed by atoms with Crippen molar-refractivity contribution in [2.75, 3.05) is 31.2 Å². The molecule has 1 atom stereocenters. The van der Waals surface area contributed by atoms with E-state index in [-0.39, 0.29) is 17.3 Å². The molecule has 142 valence electrons. The molecule has 1 unspecified atom stereocenters. The number of anilines is 1. The molecule has 1 N–H and O–H groups in total. The van der Waals surface area contributed by atoms with E-state index in [9.17, 15) is 9.59 Å². The number of pyridine rings is 1. The van der Waals surface area contributed by atoms with E-state index < -0.39 is 0 Å². The largest absolute Gasteiger partial charge is 0.378 e. The Kier molecular flexibility index (Phi) is 4.16. The fraction of sp³-hybridized carbons (Fsp3) is 0.333. The van der Waals surface area contributed by atoms with Gasteiger partial charge in [-0.15, -0.1) is 0 Å². The predicted molar refractivity (Wildman–Crippen MR) is 105 cm³/mol. The van der Waals surface area contributed by atoms with Crippen LogP contribution in [0.15, 0.2) is 41.3 Å². The fourth-order valence-corrected chi connectivity index (χ4v) is 4.14. The van der Waals surface area contributed by atoms with Gasteiger partial charge in [-0.1, -0.05) is 30.3 Å². The molecule has 3 heterocycles. The second-order valence-corrected chi connectivity index (χ2v) is 7.28. The fourth-order valence-electron chi connectivity index (χ4n) is 4.14. The highest BCUT2D eigenvalue weighted by Crippen LogP contribution is 2.34. The summed E-state index contributed by atoms with van der Waals surface area (Å²) in [4.78, 5) is 39.5. The van der Waals surface area contributed by atoms with Crippen molar-refractivity contribution in [1.29, 1.82) is 0 Å². The molecule has 7 nitrogen and oxygen atoms in total. The first-order valence-electron chi connectivity index (χ1n) is 9.53. The van der Waals surface area contributed by atoms with Crippen LogP contribution in [-0.2, 0) is 11.2 Å². The van der Waals surface area contributed by atoms with Crippen molar-refractivity contribution in [2.24, 2.45) is 0 Å². The lowest BCUT2D eigenvalue weighted by molar-refractivity contribution is 0.0964. The molecule has 1 fully saturated rings. The molecule has 28 heavy (non-hydrogen) atoms. The number of rotatable bonds is 2. The van der Waals surface area contributed by atoms with Gasteiger partial charge in [0.15, 0.2) is 11.4 Å². The standard InChI is InChI=1S/C21H20N4O3/c26-17-11-14(13-4-2-1-3-5-13)10-15-16(17)12-22-19-18(15)20(27)24-21(23-19)25-6-8-28-9-7-25/h1-5,12,14H,6-11H2,(H,22,23,24,27). The van der Waals surface area contributed by atoms with Crippen LogP contribution in [0.5, 0.6) is 0 Å². The van der Waals surface area contributed by atoms with Crippen LogP contribution in [0, 0.1) is 0 Å². The molecular formula is C21H20N4O3. The van der Waals surface area contributed by atoms with Crippen LogP contribution in [0.2, 0.25) is 0 Å². The number of carbonyl (C=O) groups is 1. The number of aromatic amines is 1. The van der Waals surface area contributed by atoms with Crippen molar-refractivity contribution in [1.82, 2.24) is 15.0 Å². The van der Waals surface area contributed by atoms with E-state index in [0.29, 0.717) is 61.7 Å². The Bertz CT molecular complexity index is 1100. The van der Waals surface area contributed by atoms with Gasteiger partial charge < -0.3 is 9.64 Å². The van der Waals surface area contributed by atoms with Gasteiger partial charge in [0, 0.05) is 31.3 Å². The summed E-state index contributed by atoms with van der Waals surface area (Å²) in [5.41, 5.74) is 2.58. The van der Waals surface area contributed by atoms with Gasteiger partial charge in [0.05, 0.1) is 18.6 Å². The third kappa shape index (κ3) is 2.88. The number of nitrogens with one attached hydrogen (secondary N) is 1. The highest BCUT2D eigenvalue weighted by Gasteiger charge is 2.29. The molecular weight excluding hydrogens is 356 g/mol. The summed E-state index contributed by atoms with van der Waals surface area (Å²) < 4.78 is 5.36. The Morgan fingerprint density at radius 2 is 1.86 bits per heavy atom. The minimum Gasteiger partial charge on any atom is -0.378 e. The van der Waals surface area contributed by atoms with Crippen LogP contribution >= 0.6 is 0 Å². The number of Topliss-reactive ketones (excluding diaryl/α,β-unsaturated/α-hetero) is 1. The van der Waals surface area contributed by atoms with E-state index in [1.165, 1.54) is 0 Å². The summed E-state index contributed by atoms with van der Waals surface area (Å²) in [6, 6.07) is 9.98. The van der Waals surface area contributed by atoms with Crippen molar-refractivity contribution >= 4 is 22.8 Å². The summed E-state index contributed by atoms with van der Waals surface area (Å²) in [6.07, 6.45) is 2.64. The van der Waals surface area contributed by atoms with Gasteiger partial charge in [0.2, 0.25) is 5.95 Å². The number of benzene rings is 1. The highest BCUT2D eigenvalue weighted by atomic mass is 16.5. The maximum atomic E-state index is 13.0. The molecule has 0 spiro atoms. The van der Waals surface area contributed by atoms with Crippen LogP contribution in [0.1, 0.15) is 33.8 Å². The molecule has 2 aliphatic rings. The molecule has 3 aromatic rings. The maximum absolute atomic E-state index is 13.0. The maximum Gasteiger partial charge on any atom is 0.262 e. The van der Waals surface area contributed by atoms with E-state index in [1.807, 2.05) is 35.2 Å². The number of carbonyl (C=O) groups excluding carboxylic acids is 1. The van der Waals surface area contributed by atoms with Gasteiger partial charge in [-0.2, -0.15) is 4.98 Å². The third-order valence-electron chi connectivity index (χ3n) is 5.59. The molecule has 0 bridgehead atoms. The minimum atomic E-state index is -0.239. The lowest BCUT2D eigenvalue weighted by atomic mass is 9.79. The molecule has 5 rings (SSSR count). The summed E-state index contributed by atoms with van der Waals surface area (Å²) >= 11 is 0. The lowest BCUT2D eigenvalue weighted by Crippen LogP contribution is -2.38. The number of H-pyrrole nitrogens is 1. The second kappa shape index (κ2) is 6.83. The molecule has 2 aromatic heterocycles. The van der Waals surface area contributed by atoms with Crippen molar-refractivity contribution in [2.45, 2.75) is 18.8 Å². The van der Waals surface area contributed by atoms with E-state index in [2.05, 4.69) is 15.0 Å². The summed E-state index contributed by atoms with van der Waals surface area (Å²) in [7, 11) is 0. The number of aromatic nitrogens is 3. The van der Waals surface area contributed by atoms with Gasteiger partial charge in [-0.3, -0.25) is 14.6 Å². The Morgan fingerprint density at radius 1 is 1.07 bits per heavy atom. The van der Waals surface area contributed by atoms with Crippen LogP contribution in [0.3, 0.4) is 0 Å². The number of fused-ring (bicyclic) bond motifs is 3. The van der Waals surface area contributed by atoms with Gasteiger partial charge in [-0.25, -0.2) is 4.98 Å². The molecule has 1 aromatic carbocycles. The van der Waals surface area contributed by atoms with E-state index >= 15 is 0 Å². The second-order valence-electron chi connectivity index (χ2n) is 7.28. The monoisotopic (exact) mass is 376 g/mol. The summed E-state index contributed by atoms with van der Waals surface area (Å²) in [6.45, 7) is 2.56. The van der Waals surface area contributed by atoms with Gasteiger partial charge in [0.1, 0.15) is 0 Å². The number of hydrogen-bond donors (Lipinski definition) is 1. The van der Waals surface area contributed by atoms with Crippen LogP contribution in [0.25, 0.3) is 11.0 Å². The molecule has 0 amide bonds. The number of nitrogens with zero attached hydrogens (tertiary/aromatic N) is 3. The van der Waals surface area contributed by atoms with Crippen molar-refractivity contribution < 1.29 is 9.53 Å². The first kappa shape index (κ1) is 17.1. The Balaban J connectivity index is 1.61. The normalized spacial score (nSPS) is 19.6. The Morgan fingerprint density at radius 3 is 2.64 bits per heavy atom. The predicted octanol–water partition coefficient (Wildman–Crippen LogP) is 2.07. The highest BCUT2D eigenvalue weighted by molar-refractivity contribution is 6.02. The van der Waals surface area contributed by atoms with Crippen molar-refractivity contribution in [3.05, 3.63) is 63.6 Å².